The minimum absolute atomic E-state index is 0.0414. The number of aryl methyl sites for hydroxylation is 1. The van der Waals surface area contributed by atoms with Gasteiger partial charge in [-0.2, -0.15) is 0 Å². The number of hydrogen-bond acceptors (Lipinski definition) is 6. The second-order valence-electron chi connectivity index (χ2n) is 4.96. The molecule has 3 rings (SSSR count). The Morgan fingerprint density at radius 2 is 1.96 bits per heavy atom. The smallest absolute Gasteiger partial charge is 0.274 e. The topological polar surface area (TPSA) is 101 Å². The Bertz CT molecular complexity index is 1010. The summed E-state index contributed by atoms with van der Waals surface area (Å²) >= 11 is 4.14. The molecule has 0 aliphatic rings. The van der Waals surface area contributed by atoms with Crippen LogP contribution in [-0.2, 0) is 10.0 Å². The molecule has 0 atom stereocenters. The van der Waals surface area contributed by atoms with E-state index in [0.717, 1.165) is 11.3 Å². The molecular weight excluding hydrogens is 430 g/mol. The summed E-state index contributed by atoms with van der Waals surface area (Å²) in [6.07, 6.45) is 0. The molecule has 0 fully saturated rings. The fraction of sp³-hybridized carbons (Fsp3) is 0.0667. The van der Waals surface area contributed by atoms with Gasteiger partial charge in [-0.05, 0) is 46.4 Å². The molecule has 25 heavy (non-hydrogen) atoms. The zero-order chi connectivity index (χ0) is 18.0. The van der Waals surface area contributed by atoms with Gasteiger partial charge < -0.3 is 9.84 Å². The van der Waals surface area contributed by atoms with E-state index in [9.17, 15) is 13.2 Å². The molecule has 2 aromatic heterocycles. The van der Waals surface area contributed by atoms with Crippen LogP contribution in [0, 0.1) is 6.92 Å². The molecule has 1 aromatic carbocycles. The molecule has 2 heterocycles. The first-order valence-corrected chi connectivity index (χ1v) is 10.1. The summed E-state index contributed by atoms with van der Waals surface area (Å²) in [6.45, 7) is 1.66. The second-order valence-corrected chi connectivity index (χ2v) is 8.55. The number of thiophene rings is 1. The van der Waals surface area contributed by atoms with Gasteiger partial charge in [0.15, 0.2) is 4.21 Å². The molecule has 0 spiro atoms. The van der Waals surface area contributed by atoms with Gasteiger partial charge in [0, 0.05) is 5.69 Å². The van der Waals surface area contributed by atoms with Crippen molar-refractivity contribution in [2.75, 3.05) is 10.0 Å². The molecule has 0 aliphatic carbocycles. The third-order valence-corrected chi connectivity index (χ3v) is 6.92. The Balaban J connectivity index is 1.87. The molecule has 0 bridgehead atoms. The number of anilines is 2. The van der Waals surface area contributed by atoms with Crippen LogP contribution in [0.5, 0.6) is 0 Å². The van der Waals surface area contributed by atoms with Gasteiger partial charge >= 0.3 is 0 Å². The summed E-state index contributed by atoms with van der Waals surface area (Å²) in [5.41, 5.74) is 1.13. The predicted molar refractivity (Wildman–Crippen MR) is 98.5 cm³/mol. The molecule has 0 unspecified atom stereocenters. The minimum Gasteiger partial charge on any atom is -0.336 e. The zero-order valence-electron chi connectivity index (χ0n) is 12.8. The average Bonchev–Trinajstić information content (AvgIpc) is 3.19. The van der Waals surface area contributed by atoms with Crippen LogP contribution in [0.15, 0.2) is 55.0 Å². The van der Waals surface area contributed by atoms with E-state index in [-0.39, 0.29) is 15.7 Å². The number of nitrogens with zero attached hydrogens (tertiary/aromatic N) is 1. The highest BCUT2D eigenvalue weighted by atomic mass is 79.9. The number of rotatable bonds is 5. The first-order chi connectivity index (χ1) is 11.9. The standard InChI is InChI=1S/C15H12BrN3O4S2/c1-9-12(16)14(23-18-9)19-25(21,22)15-11(7-8-24-15)13(20)17-10-5-3-2-4-6-10/h2-8,19H,1H3,(H,17,20). The van der Waals surface area contributed by atoms with E-state index in [2.05, 4.69) is 31.1 Å². The van der Waals surface area contributed by atoms with E-state index >= 15 is 0 Å². The van der Waals surface area contributed by atoms with Crippen LogP contribution in [0.25, 0.3) is 0 Å². The van der Waals surface area contributed by atoms with Crippen molar-refractivity contribution in [3.8, 4) is 0 Å². The number of nitrogens with one attached hydrogen (secondary N) is 2. The lowest BCUT2D eigenvalue weighted by Crippen LogP contribution is -2.18. The van der Waals surface area contributed by atoms with E-state index in [4.69, 9.17) is 4.52 Å². The van der Waals surface area contributed by atoms with E-state index in [1.54, 1.807) is 31.2 Å². The summed E-state index contributed by atoms with van der Waals surface area (Å²) in [6, 6.07) is 10.2. The Labute approximate surface area is 156 Å². The number of benzene rings is 1. The van der Waals surface area contributed by atoms with Crippen molar-refractivity contribution >= 4 is 54.8 Å². The summed E-state index contributed by atoms with van der Waals surface area (Å²) < 4.78 is 32.8. The number of carbonyl (C=O) groups is 1. The van der Waals surface area contributed by atoms with Crippen LogP contribution in [0.2, 0.25) is 0 Å². The third kappa shape index (κ3) is 3.75. The lowest BCUT2D eigenvalue weighted by atomic mass is 10.3. The van der Waals surface area contributed by atoms with Crippen LogP contribution < -0.4 is 10.0 Å². The van der Waals surface area contributed by atoms with Crippen LogP contribution >= 0.6 is 27.3 Å². The van der Waals surface area contributed by atoms with E-state index in [1.807, 2.05) is 6.07 Å². The predicted octanol–water partition coefficient (Wildman–Crippen LogP) is 3.86. The van der Waals surface area contributed by atoms with Gasteiger partial charge in [-0.15, -0.1) is 11.3 Å². The van der Waals surface area contributed by atoms with Gasteiger partial charge in [0.05, 0.1) is 11.3 Å². The van der Waals surface area contributed by atoms with Crippen LogP contribution in [-0.4, -0.2) is 19.5 Å². The molecule has 0 aliphatic heterocycles. The van der Waals surface area contributed by atoms with Gasteiger partial charge in [0.1, 0.15) is 4.47 Å². The first-order valence-electron chi connectivity index (χ1n) is 6.97. The quantitative estimate of drug-likeness (QED) is 0.625. The largest absolute Gasteiger partial charge is 0.336 e. The van der Waals surface area contributed by atoms with Crippen molar-refractivity contribution in [2.45, 2.75) is 11.1 Å². The van der Waals surface area contributed by atoms with Crippen molar-refractivity contribution in [3.05, 3.63) is 57.5 Å². The van der Waals surface area contributed by atoms with E-state index < -0.39 is 15.9 Å². The molecule has 10 heteroatoms. The number of carbonyl (C=O) groups excluding carboxylic acids is 1. The second kappa shape index (κ2) is 6.98. The lowest BCUT2D eigenvalue weighted by molar-refractivity contribution is 0.102. The monoisotopic (exact) mass is 441 g/mol. The van der Waals surface area contributed by atoms with Gasteiger partial charge in [0.2, 0.25) is 0 Å². The Hall–Kier alpha value is -2.17. The fourth-order valence-electron chi connectivity index (χ4n) is 1.98. The van der Waals surface area contributed by atoms with Gasteiger partial charge in [-0.25, -0.2) is 13.1 Å². The number of sulfonamides is 1. The molecular formula is C15H12BrN3O4S2. The Morgan fingerprint density at radius 3 is 2.60 bits per heavy atom. The number of para-hydroxylation sites is 1. The SMILES string of the molecule is Cc1noc(NS(=O)(=O)c2sccc2C(=O)Nc2ccccc2)c1Br. The maximum atomic E-state index is 12.6. The summed E-state index contributed by atoms with van der Waals surface area (Å²) in [5, 5.41) is 7.87. The highest BCUT2D eigenvalue weighted by Crippen LogP contribution is 2.30. The number of aromatic nitrogens is 1. The Kier molecular flexibility index (Phi) is 4.93. The molecule has 0 saturated heterocycles. The number of hydrogen-bond donors (Lipinski definition) is 2. The maximum absolute atomic E-state index is 12.6. The fourth-order valence-corrected chi connectivity index (χ4v) is 4.70. The molecule has 3 aromatic rings. The molecule has 1 amide bonds. The molecule has 7 nitrogen and oxygen atoms in total. The van der Waals surface area contributed by atoms with Gasteiger partial charge in [-0.1, -0.05) is 23.4 Å². The Morgan fingerprint density at radius 1 is 1.24 bits per heavy atom. The third-order valence-electron chi connectivity index (χ3n) is 3.17. The number of amides is 1. The molecule has 0 saturated carbocycles. The summed E-state index contributed by atoms with van der Waals surface area (Å²) in [5.74, 6) is -0.555. The zero-order valence-corrected chi connectivity index (χ0v) is 16.0. The highest BCUT2D eigenvalue weighted by molar-refractivity contribution is 9.10. The van der Waals surface area contributed by atoms with Crippen molar-refractivity contribution in [3.63, 3.8) is 0 Å². The van der Waals surface area contributed by atoms with Crippen LogP contribution in [0.1, 0.15) is 16.1 Å². The van der Waals surface area contributed by atoms with Crippen molar-refractivity contribution in [1.82, 2.24) is 5.16 Å². The highest BCUT2D eigenvalue weighted by Gasteiger charge is 2.27. The normalized spacial score (nSPS) is 11.3. The van der Waals surface area contributed by atoms with E-state index in [0.29, 0.717) is 15.9 Å². The van der Waals surface area contributed by atoms with Crippen molar-refractivity contribution < 1.29 is 17.7 Å². The summed E-state index contributed by atoms with van der Waals surface area (Å²) in [4.78, 5) is 12.4. The van der Waals surface area contributed by atoms with Gasteiger partial charge in [0.25, 0.3) is 21.8 Å². The first kappa shape index (κ1) is 17.6. The molecule has 2 N–H and O–H groups in total. The van der Waals surface area contributed by atoms with Crippen LogP contribution in [0.3, 0.4) is 0 Å². The molecule has 130 valence electrons. The number of halogens is 1. The van der Waals surface area contributed by atoms with Crippen LogP contribution in [0.4, 0.5) is 11.6 Å². The molecule has 0 radical (unpaired) electrons. The minimum atomic E-state index is -4.00. The lowest BCUT2D eigenvalue weighted by Gasteiger charge is -2.07. The van der Waals surface area contributed by atoms with Crippen molar-refractivity contribution in [2.24, 2.45) is 0 Å². The summed E-state index contributed by atoms with van der Waals surface area (Å²) in [7, 11) is -4.00. The van der Waals surface area contributed by atoms with Crippen molar-refractivity contribution in [1.29, 1.82) is 0 Å². The van der Waals surface area contributed by atoms with Gasteiger partial charge in [-0.3, -0.25) is 4.79 Å². The van der Waals surface area contributed by atoms with E-state index in [1.165, 1.54) is 11.4 Å². The maximum Gasteiger partial charge on any atom is 0.274 e. The average molecular weight is 442 g/mol.